The van der Waals surface area contributed by atoms with Crippen LogP contribution < -0.4 is 19.9 Å². The van der Waals surface area contributed by atoms with E-state index in [2.05, 4.69) is 45.9 Å². The molecule has 0 saturated carbocycles. The molecule has 0 heterocycles. The molecule has 0 atom stereocenters. The summed E-state index contributed by atoms with van der Waals surface area (Å²) in [6.45, 7) is 9.33. The standard InChI is InChI=1S/C21H27NO3S/c1-14-9-10-16(21(2,3)4)18(13-14)24-11-12-25-19-15(20(22)26)7-6-8-17(19)23-5/h6-10,13H,11-12H2,1-5H3,(H2,22,26). The molecule has 4 nitrogen and oxygen atoms in total. The Balaban J connectivity index is 2.09. The Bertz CT molecular complexity index is 781. The van der Waals surface area contributed by atoms with Gasteiger partial charge >= 0.3 is 0 Å². The molecule has 0 unspecified atom stereocenters. The molecule has 0 amide bonds. The molecule has 0 aliphatic heterocycles. The van der Waals surface area contributed by atoms with E-state index in [4.69, 9.17) is 32.2 Å². The molecular formula is C21H27NO3S. The molecular weight excluding hydrogens is 346 g/mol. The highest BCUT2D eigenvalue weighted by molar-refractivity contribution is 7.80. The SMILES string of the molecule is COc1cccc(C(N)=S)c1OCCOc1cc(C)ccc1C(C)(C)C. The largest absolute Gasteiger partial charge is 0.493 e. The highest BCUT2D eigenvalue weighted by atomic mass is 32.1. The number of aryl methyl sites for hydroxylation is 1. The molecule has 5 heteroatoms. The summed E-state index contributed by atoms with van der Waals surface area (Å²) in [5.41, 5.74) is 8.78. The molecule has 140 valence electrons. The second-order valence-corrected chi connectivity index (χ2v) is 7.59. The minimum atomic E-state index is 0.00540. The predicted molar refractivity (Wildman–Crippen MR) is 110 cm³/mol. The summed E-state index contributed by atoms with van der Waals surface area (Å²) in [7, 11) is 1.59. The van der Waals surface area contributed by atoms with Gasteiger partial charge in [-0.3, -0.25) is 0 Å². The third-order valence-corrected chi connectivity index (χ3v) is 4.22. The van der Waals surface area contributed by atoms with E-state index < -0.39 is 0 Å². The van der Waals surface area contributed by atoms with Crippen LogP contribution in [0.1, 0.15) is 37.5 Å². The molecule has 2 rings (SSSR count). The van der Waals surface area contributed by atoms with Crippen LogP contribution in [0.5, 0.6) is 17.2 Å². The van der Waals surface area contributed by atoms with Crippen molar-refractivity contribution < 1.29 is 14.2 Å². The van der Waals surface area contributed by atoms with Gasteiger partial charge in [0.1, 0.15) is 24.0 Å². The summed E-state index contributed by atoms with van der Waals surface area (Å²) in [5.74, 6) is 2.03. The zero-order chi connectivity index (χ0) is 19.3. The van der Waals surface area contributed by atoms with Gasteiger partial charge in [0, 0.05) is 0 Å². The maximum absolute atomic E-state index is 6.01. The Hall–Kier alpha value is -2.27. The van der Waals surface area contributed by atoms with Crippen LogP contribution in [-0.2, 0) is 5.41 Å². The smallest absolute Gasteiger partial charge is 0.171 e. The molecule has 0 radical (unpaired) electrons. The van der Waals surface area contributed by atoms with E-state index in [1.54, 1.807) is 7.11 Å². The molecule has 0 saturated heterocycles. The molecule has 0 aromatic heterocycles. The lowest BCUT2D eigenvalue weighted by Crippen LogP contribution is -2.17. The predicted octanol–water partition coefficient (Wildman–Crippen LogP) is 4.39. The average Bonchev–Trinajstić information content (AvgIpc) is 2.57. The van der Waals surface area contributed by atoms with Crippen molar-refractivity contribution in [3.8, 4) is 17.2 Å². The average molecular weight is 374 g/mol. The van der Waals surface area contributed by atoms with E-state index in [1.165, 1.54) is 5.56 Å². The van der Waals surface area contributed by atoms with Gasteiger partial charge in [0.2, 0.25) is 0 Å². The molecule has 2 aromatic carbocycles. The highest BCUT2D eigenvalue weighted by Gasteiger charge is 2.19. The number of ether oxygens (including phenoxy) is 3. The molecule has 2 N–H and O–H groups in total. The van der Waals surface area contributed by atoms with Crippen LogP contribution in [-0.4, -0.2) is 25.3 Å². The van der Waals surface area contributed by atoms with Crippen molar-refractivity contribution in [3.05, 3.63) is 53.1 Å². The van der Waals surface area contributed by atoms with Gasteiger partial charge in [0.15, 0.2) is 11.5 Å². The van der Waals surface area contributed by atoms with Gasteiger partial charge < -0.3 is 19.9 Å². The lowest BCUT2D eigenvalue weighted by Gasteiger charge is -2.23. The van der Waals surface area contributed by atoms with Gasteiger partial charge in [-0.05, 0) is 41.7 Å². The molecule has 0 bridgehead atoms. The van der Waals surface area contributed by atoms with Gasteiger partial charge in [-0.2, -0.15) is 0 Å². The summed E-state index contributed by atoms with van der Waals surface area (Å²) < 4.78 is 17.2. The van der Waals surface area contributed by atoms with Gasteiger partial charge in [-0.15, -0.1) is 0 Å². The van der Waals surface area contributed by atoms with E-state index in [-0.39, 0.29) is 10.4 Å². The molecule has 0 aliphatic carbocycles. The van der Waals surface area contributed by atoms with E-state index >= 15 is 0 Å². The Morgan fingerprint density at radius 1 is 1.04 bits per heavy atom. The minimum absolute atomic E-state index is 0.00540. The quantitative estimate of drug-likeness (QED) is 0.576. The Morgan fingerprint density at radius 2 is 1.73 bits per heavy atom. The number of hydrogen-bond acceptors (Lipinski definition) is 4. The van der Waals surface area contributed by atoms with Crippen molar-refractivity contribution in [2.45, 2.75) is 33.1 Å². The molecule has 26 heavy (non-hydrogen) atoms. The normalized spacial score (nSPS) is 11.1. The lowest BCUT2D eigenvalue weighted by atomic mass is 9.86. The molecule has 0 aliphatic rings. The minimum Gasteiger partial charge on any atom is -0.493 e. The first-order valence-electron chi connectivity index (χ1n) is 8.57. The van der Waals surface area contributed by atoms with Gasteiger partial charge in [-0.1, -0.05) is 51.2 Å². The van der Waals surface area contributed by atoms with E-state index in [1.807, 2.05) is 18.2 Å². The Labute approximate surface area is 161 Å². The monoisotopic (exact) mass is 373 g/mol. The van der Waals surface area contributed by atoms with Crippen molar-refractivity contribution in [1.29, 1.82) is 0 Å². The number of hydrogen-bond donors (Lipinski definition) is 1. The summed E-state index contributed by atoms with van der Waals surface area (Å²) in [4.78, 5) is 0.272. The van der Waals surface area contributed by atoms with Gasteiger partial charge in [-0.25, -0.2) is 0 Å². The number of nitrogens with two attached hydrogens (primary N) is 1. The number of rotatable bonds is 7. The highest BCUT2D eigenvalue weighted by Crippen LogP contribution is 2.33. The molecule has 0 spiro atoms. The van der Waals surface area contributed by atoms with Gasteiger partial charge in [0.05, 0.1) is 12.7 Å². The van der Waals surface area contributed by atoms with Crippen LogP contribution >= 0.6 is 12.2 Å². The summed E-state index contributed by atoms with van der Waals surface area (Å²) in [6, 6.07) is 11.8. The molecule has 2 aromatic rings. The van der Waals surface area contributed by atoms with Crippen LogP contribution in [0.2, 0.25) is 0 Å². The first-order chi connectivity index (χ1) is 12.2. The fourth-order valence-corrected chi connectivity index (χ4v) is 2.84. The number of benzene rings is 2. The van der Waals surface area contributed by atoms with Crippen molar-refractivity contribution in [3.63, 3.8) is 0 Å². The van der Waals surface area contributed by atoms with Crippen molar-refractivity contribution in [2.24, 2.45) is 5.73 Å². The van der Waals surface area contributed by atoms with E-state index in [9.17, 15) is 0 Å². The van der Waals surface area contributed by atoms with Crippen molar-refractivity contribution >= 4 is 17.2 Å². The second kappa shape index (κ2) is 8.41. The number of methoxy groups -OCH3 is 1. The second-order valence-electron chi connectivity index (χ2n) is 7.15. The fraction of sp³-hybridized carbons (Fsp3) is 0.381. The Kier molecular flexibility index (Phi) is 6.48. The van der Waals surface area contributed by atoms with Gasteiger partial charge in [0.25, 0.3) is 0 Å². The maximum Gasteiger partial charge on any atom is 0.171 e. The van der Waals surface area contributed by atoms with Crippen LogP contribution in [0.25, 0.3) is 0 Å². The van der Waals surface area contributed by atoms with Crippen LogP contribution in [0.4, 0.5) is 0 Å². The topological polar surface area (TPSA) is 53.7 Å². The number of thiocarbonyl (C=S) groups is 1. The lowest BCUT2D eigenvalue weighted by molar-refractivity contribution is 0.208. The zero-order valence-corrected chi connectivity index (χ0v) is 16.9. The fourth-order valence-electron chi connectivity index (χ4n) is 2.68. The third kappa shape index (κ3) is 4.88. The first kappa shape index (κ1) is 20.0. The van der Waals surface area contributed by atoms with Crippen molar-refractivity contribution in [1.82, 2.24) is 0 Å². The third-order valence-electron chi connectivity index (χ3n) is 4.00. The van der Waals surface area contributed by atoms with Crippen LogP contribution in [0.3, 0.4) is 0 Å². The van der Waals surface area contributed by atoms with E-state index in [0.717, 1.165) is 11.3 Å². The van der Waals surface area contributed by atoms with Crippen LogP contribution in [0, 0.1) is 6.92 Å². The van der Waals surface area contributed by atoms with Crippen molar-refractivity contribution in [2.75, 3.05) is 20.3 Å². The summed E-state index contributed by atoms with van der Waals surface area (Å²) >= 11 is 5.10. The number of para-hydroxylation sites is 1. The maximum atomic E-state index is 6.01. The van der Waals surface area contributed by atoms with Crippen LogP contribution in [0.15, 0.2) is 36.4 Å². The Morgan fingerprint density at radius 3 is 2.35 bits per heavy atom. The zero-order valence-electron chi connectivity index (χ0n) is 16.1. The molecule has 0 fully saturated rings. The van der Waals surface area contributed by atoms with E-state index in [0.29, 0.717) is 30.3 Å². The summed E-state index contributed by atoms with van der Waals surface area (Å²) in [6.07, 6.45) is 0. The first-order valence-corrected chi connectivity index (χ1v) is 8.98. The summed E-state index contributed by atoms with van der Waals surface area (Å²) in [5, 5.41) is 0.